The SMILES string of the molecule is O=C(Nc1ccc(Br)c(Cl)c1)c1ccc(Cl)c(S(=O)(=O)Nc2ccccc2)c1. The molecule has 2 N–H and O–H groups in total. The summed E-state index contributed by atoms with van der Waals surface area (Å²) >= 11 is 15.4. The van der Waals surface area contributed by atoms with Gasteiger partial charge in [-0.3, -0.25) is 9.52 Å². The maximum Gasteiger partial charge on any atom is 0.263 e. The van der Waals surface area contributed by atoms with Crippen LogP contribution in [0.5, 0.6) is 0 Å². The summed E-state index contributed by atoms with van der Waals surface area (Å²) < 4.78 is 28.5. The molecule has 0 radical (unpaired) electrons. The Morgan fingerprint density at radius 3 is 2.25 bits per heavy atom. The van der Waals surface area contributed by atoms with Gasteiger partial charge >= 0.3 is 0 Å². The summed E-state index contributed by atoms with van der Waals surface area (Å²) in [6, 6.07) is 17.4. The third-order valence-corrected chi connectivity index (χ3v) is 6.78. The zero-order valence-electron chi connectivity index (χ0n) is 14.1. The Labute approximate surface area is 180 Å². The average molecular weight is 500 g/mol. The molecule has 0 unspecified atom stereocenters. The number of hydrogen-bond donors (Lipinski definition) is 2. The van der Waals surface area contributed by atoms with Gasteiger partial charge in [-0.1, -0.05) is 41.4 Å². The number of carbonyl (C=O) groups is 1. The summed E-state index contributed by atoms with van der Waals surface area (Å²) in [6.45, 7) is 0. The number of amides is 1. The summed E-state index contributed by atoms with van der Waals surface area (Å²) in [5.41, 5.74) is 0.995. The number of rotatable bonds is 5. The highest BCUT2D eigenvalue weighted by Gasteiger charge is 2.20. The molecule has 3 aromatic rings. The molecule has 5 nitrogen and oxygen atoms in total. The molecule has 0 bridgehead atoms. The van der Waals surface area contributed by atoms with Gasteiger partial charge in [0.25, 0.3) is 15.9 Å². The van der Waals surface area contributed by atoms with Crippen LogP contribution < -0.4 is 10.0 Å². The molecule has 3 aromatic carbocycles. The van der Waals surface area contributed by atoms with E-state index in [4.69, 9.17) is 23.2 Å². The Hall–Kier alpha value is -2.06. The minimum absolute atomic E-state index is 0.00617. The molecule has 0 aliphatic rings. The molecule has 0 atom stereocenters. The van der Waals surface area contributed by atoms with Crippen molar-refractivity contribution in [3.63, 3.8) is 0 Å². The third-order valence-electron chi connectivity index (χ3n) is 3.69. The van der Waals surface area contributed by atoms with Gasteiger partial charge in [-0.05, 0) is 64.5 Å². The van der Waals surface area contributed by atoms with Crippen LogP contribution in [0.1, 0.15) is 10.4 Å². The summed E-state index contributed by atoms with van der Waals surface area (Å²) in [5.74, 6) is -0.494. The second-order valence-electron chi connectivity index (χ2n) is 5.70. The number of anilines is 2. The van der Waals surface area contributed by atoms with Crippen LogP contribution in [0, 0.1) is 0 Å². The lowest BCUT2D eigenvalue weighted by molar-refractivity contribution is 0.102. The summed E-state index contributed by atoms with van der Waals surface area (Å²) in [4.78, 5) is 12.3. The molecule has 9 heteroatoms. The van der Waals surface area contributed by atoms with Crippen molar-refractivity contribution >= 4 is 66.4 Å². The lowest BCUT2D eigenvalue weighted by atomic mass is 10.2. The molecule has 3 rings (SSSR count). The van der Waals surface area contributed by atoms with Crippen molar-refractivity contribution in [1.29, 1.82) is 0 Å². The number of benzene rings is 3. The lowest BCUT2D eigenvalue weighted by Gasteiger charge is -2.11. The van der Waals surface area contributed by atoms with Crippen molar-refractivity contribution < 1.29 is 13.2 Å². The fraction of sp³-hybridized carbons (Fsp3) is 0. The van der Waals surface area contributed by atoms with Crippen LogP contribution >= 0.6 is 39.1 Å². The Bertz CT molecular complexity index is 1140. The van der Waals surface area contributed by atoms with Crippen LogP contribution in [0.25, 0.3) is 0 Å². The van der Waals surface area contributed by atoms with Gasteiger partial charge in [-0.2, -0.15) is 0 Å². The van der Waals surface area contributed by atoms with Crippen molar-refractivity contribution in [3.8, 4) is 0 Å². The van der Waals surface area contributed by atoms with Gasteiger partial charge < -0.3 is 5.32 Å². The maximum absolute atomic E-state index is 12.7. The number of sulfonamides is 1. The standard InChI is InChI=1S/C19H13BrCl2N2O3S/c20-15-8-7-14(11-17(15)22)23-19(25)12-6-9-16(21)18(10-12)28(26,27)24-13-4-2-1-3-5-13/h1-11,24H,(H,23,25). The highest BCUT2D eigenvalue weighted by atomic mass is 79.9. The van der Waals surface area contributed by atoms with Crippen molar-refractivity contribution in [3.05, 3.63) is 86.8 Å². The number of halogens is 3. The van der Waals surface area contributed by atoms with Gasteiger partial charge in [0.2, 0.25) is 0 Å². The molecule has 0 saturated carbocycles. The molecule has 0 aliphatic carbocycles. The molecule has 0 aromatic heterocycles. The molecule has 144 valence electrons. The zero-order valence-corrected chi connectivity index (χ0v) is 18.0. The topological polar surface area (TPSA) is 75.3 Å². The molecule has 0 heterocycles. The van der Waals surface area contributed by atoms with Crippen LogP contribution in [0.2, 0.25) is 10.0 Å². The third kappa shape index (κ3) is 4.86. The quantitative estimate of drug-likeness (QED) is 0.465. The van der Waals surface area contributed by atoms with Crippen LogP contribution in [-0.2, 0) is 10.0 Å². The predicted octanol–water partition coefficient (Wildman–Crippen LogP) is 5.81. The minimum atomic E-state index is -3.97. The number of para-hydroxylation sites is 1. The van der Waals surface area contributed by atoms with E-state index in [0.717, 1.165) is 0 Å². The minimum Gasteiger partial charge on any atom is -0.322 e. The predicted molar refractivity (Wildman–Crippen MR) is 116 cm³/mol. The van der Waals surface area contributed by atoms with Gasteiger partial charge in [-0.15, -0.1) is 0 Å². The molecule has 0 aliphatic heterocycles. The van der Waals surface area contributed by atoms with E-state index in [-0.39, 0.29) is 15.5 Å². The second-order valence-corrected chi connectivity index (χ2v) is 9.02. The van der Waals surface area contributed by atoms with Gasteiger partial charge in [0.15, 0.2) is 0 Å². The Morgan fingerprint density at radius 1 is 0.857 bits per heavy atom. The summed E-state index contributed by atoms with van der Waals surface area (Å²) in [7, 11) is -3.97. The Balaban J connectivity index is 1.88. The van der Waals surface area contributed by atoms with E-state index in [9.17, 15) is 13.2 Å². The fourth-order valence-corrected chi connectivity index (χ4v) is 4.36. The van der Waals surface area contributed by atoms with E-state index in [2.05, 4.69) is 26.0 Å². The number of carbonyl (C=O) groups excluding carboxylic acids is 1. The maximum atomic E-state index is 12.7. The zero-order chi connectivity index (χ0) is 20.3. The van der Waals surface area contributed by atoms with Crippen LogP contribution in [0.3, 0.4) is 0 Å². The first kappa shape index (κ1) is 20.7. The lowest BCUT2D eigenvalue weighted by Crippen LogP contribution is -2.16. The molecule has 0 spiro atoms. The first-order chi connectivity index (χ1) is 13.3. The average Bonchev–Trinajstić information content (AvgIpc) is 2.65. The van der Waals surface area contributed by atoms with Gasteiger partial charge in [0.05, 0.1) is 10.0 Å². The molecule has 1 amide bonds. The number of hydrogen-bond acceptors (Lipinski definition) is 3. The van der Waals surface area contributed by atoms with Crippen molar-refractivity contribution in [2.24, 2.45) is 0 Å². The molecule has 0 fully saturated rings. The van der Waals surface area contributed by atoms with E-state index in [1.54, 1.807) is 48.5 Å². The van der Waals surface area contributed by atoms with Crippen molar-refractivity contribution in [1.82, 2.24) is 0 Å². The van der Waals surface area contributed by atoms with Crippen LogP contribution in [0.15, 0.2) is 76.1 Å². The molecule has 28 heavy (non-hydrogen) atoms. The van der Waals surface area contributed by atoms with E-state index in [0.29, 0.717) is 20.9 Å². The largest absolute Gasteiger partial charge is 0.322 e. The fourth-order valence-electron chi connectivity index (χ4n) is 2.34. The first-order valence-electron chi connectivity index (χ1n) is 7.90. The van der Waals surface area contributed by atoms with Crippen molar-refractivity contribution in [2.45, 2.75) is 4.90 Å². The molecular weight excluding hydrogens is 487 g/mol. The molecular formula is C19H13BrCl2N2O3S. The summed E-state index contributed by atoms with van der Waals surface area (Å²) in [5, 5.41) is 3.11. The number of nitrogens with one attached hydrogen (secondary N) is 2. The smallest absolute Gasteiger partial charge is 0.263 e. The van der Waals surface area contributed by atoms with Gasteiger partial charge in [0, 0.05) is 21.4 Å². The summed E-state index contributed by atoms with van der Waals surface area (Å²) in [6.07, 6.45) is 0. The van der Waals surface area contributed by atoms with Crippen LogP contribution in [0.4, 0.5) is 11.4 Å². The van der Waals surface area contributed by atoms with Gasteiger partial charge in [0.1, 0.15) is 4.90 Å². The highest BCUT2D eigenvalue weighted by Crippen LogP contribution is 2.27. The molecule has 0 saturated heterocycles. The normalized spacial score (nSPS) is 11.1. The van der Waals surface area contributed by atoms with E-state index < -0.39 is 15.9 Å². The van der Waals surface area contributed by atoms with E-state index >= 15 is 0 Å². The Kier molecular flexibility index (Phi) is 6.30. The Morgan fingerprint density at radius 2 is 1.57 bits per heavy atom. The second kappa shape index (κ2) is 8.53. The van der Waals surface area contributed by atoms with Gasteiger partial charge in [-0.25, -0.2) is 8.42 Å². The first-order valence-corrected chi connectivity index (χ1v) is 10.9. The highest BCUT2D eigenvalue weighted by molar-refractivity contribution is 9.10. The van der Waals surface area contributed by atoms with Crippen LogP contribution in [-0.4, -0.2) is 14.3 Å². The van der Waals surface area contributed by atoms with E-state index in [1.165, 1.54) is 18.2 Å². The van der Waals surface area contributed by atoms with Crippen molar-refractivity contribution in [2.75, 3.05) is 10.0 Å². The van der Waals surface area contributed by atoms with E-state index in [1.807, 2.05) is 0 Å². The monoisotopic (exact) mass is 498 g/mol.